The molecule has 0 bridgehead atoms. The van der Waals surface area contributed by atoms with E-state index in [0.717, 1.165) is 5.56 Å². The van der Waals surface area contributed by atoms with Gasteiger partial charge in [0.05, 0.1) is 0 Å². The molecule has 0 saturated carbocycles. The number of halogens is 1. The Bertz CT molecular complexity index is 573. The number of hydrogen-bond acceptors (Lipinski definition) is 3. The Balaban J connectivity index is 2.03. The fourth-order valence-electron chi connectivity index (χ4n) is 1.55. The highest BCUT2D eigenvalue weighted by atomic mass is 35.5. The normalized spacial score (nSPS) is 10.0. The van der Waals surface area contributed by atoms with Gasteiger partial charge in [0.2, 0.25) is 0 Å². The molecule has 0 spiro atoms. The molecule has 2 aromatic rings. The van der Waals surface area contributed by atoms with Crippen LogP contribution in [-0.4, -0.2) is 6.09 Å². The van der Waals surface area contributed by atoms with E-state index in [1.54, 1.807) is 42.5 Å². The highest BCUT2D eigenvalue weighted by Crippen LogP contribution is 2.20. The molecule has 0 fully saturated rings. The third-order valence-electron chi connectivity index (χ3n) is 2.47. The Morgan fingerprint density at radius 1 is 1.21 bits per heavy atom. The van der Waals surface area contributed by atoms with Crippen LogP contribution in [0.4, 0.5) is 10.5 Å². The van der Waals surface area contributed by atoms with Crippen molar-refractivity contribution in [3.63, 3.8) is 0 Å². The van der Waals surface area contributed by atoms with Gasteiger partial charge in [0.25, 0.3) is 0 Å². The van der Waals surface area contributed by atoms with Crippen LogP contribution in [0.2, 0.25) is 5.02 Å². The minimum atomic E-state index is -0.559. The van der Waals surface area contributed by atoms with Crippen molar-refractivity contribution in [2.24, 2.45) is 5.73 Å². The van der Waals surface area contributed by atoms with Crippen molar-refractivity contribution in [2.75, 3.05) is 5.32 Å². The number of anilines is 1. The van der Waals surface area contributed by atoms with Crippen molar-refractivity contribution in [1.82, 2.24) is 0 Å². The summed E-state index contributed by atoms with van der Waals surface area (Å²) in [4.78, 5) is 11.7. The second-order valence-corrected chi connectivity index (χ2v) is 4.25. The molecule has 2 rings (SSSR count). The standard InChI is InChI=1S/C14H13ClN2O2/c15-13-7-6-11(8-10(13)9-16)17-14(18)19-12-4-2-1-3-5-12/h1-8H,9,16H2,(H,17,18). The van der Waals surface area contributed by atoms with Crippen LogP contribution < -0.4 is 15.8 Å². The molecular weight excluding hydrogens is 264 g/mol. The van der Waals surface area contributed by atoms with Crippen molar-refractivity contribution in [1.29, 1.82) is 0 Å². The van der Waals surface area contributed by atoms with Crippen LogP contribution in [0.25, 0.3) is 0 Å². The molecule has 0 heterocycles. The smallest absolute Gasteiger partial charge is 0.410 e. The van der Waals surface area contributed by atoms with E-state index in [2.05, 4.69) is 5.32 Å². The number of ether oxygens (including phenoxy) is 1. The zero-order valence-electron chi connectivity index (χ0n) is 10.1. The molecule has 19 heavy (non-hydrogen) atoms. The maximum atomic E-state index is 11.7. The Labute approximate surface area is 116 Å². The first-order valence-corrected chi connectivity index (χ1v) is 6.09. The summed E-state index contributed by atoms with van der Waals surface area (Å²) in [6.45, 7) is 0.308. The molecule has 0 aliphatic carbocycles. The second kappa shape index (κ2) is 6.22. The first kappa shape index (κ1) is 13.4. The van der Waals surface area contributed by atoms with Crippen LogP contribution in [0, 0.1) is 0 Å². The Kier molecular flexibility index (Phi) is 4.39. The topological polar surface area (TPSA) is 64.3 Å². The molecular formula is C14H13ClN2O2. The molecule has 0 atom stereocenters. The van der Waals surface area contributed by atoms with Crippen LogP contribution in [0.3, 0.4) is 0 Å². The number of rotatable bonds is 3. The summed E-state index contributed by atoms with van der Waals surface area (Å²) in [6.07, 6.45) is -0.559. The van der Waals surface area contributed by atoms with Crippen LogP contribution in [0.5, 0.6) is 5.75 Å². The maximum Gasteiger partial charge on any atom is 0.417 e. The molecule has 0 aliphatic rings. The van der Waals surface area contributed by atoms with Gasteiger partial charge in [0.15, 0.2) is 0 Å². The van der Waals surface area contributed by atoms with Gasteiger partial charge in [-0.25, -0.2) is 4.79 Å². The predicted molar refractivity (Wildman–Crippen MR) is 75.4 cm³/mol. The van der Waals surface area contributed by atoms with Crippen LogP contribution in [0.1, 0.15) is 5.56 Å². The van der Waals surface area contributed by atoms with E-state index in [-0.39, 0.29) is 0 Å². The molecule has 0 aliphatic heterocycles. The third-order valence-corrected chi connectivity index (χ3v) is 2.83. The van der Waals surface area contributed by atoms with Gasteiger partial charge in [0, 0.05) is 17.3 Å². The van der Waals surface area contributed by atoms with E-state index < -0.39 is 6.09 Å². The van der Waals surface area contributed by atoms with Crippen LogP contribution in [-0.2, 0) is 6.54 Å². The zero-order valence-corrected chi connectivity index (χ0v) is 10.9. The average molecular weight is 277 g/mol. The van der Waals surface area contributed by atoms with E-state index in [4.69, 9.17) is 22.1 Å². The quantitative estimate of drug-likeness (QED) is 0.903. The van der Waals surface area contributed by atoms with Gasteiger partial charge in [-0.15, -0.1) is 0 Å². The van der Waals surface area contributed by atoms with Gasteiger partial charge in [-0.05, 0) is 35.9 Å². The largest absolute Gasteiger partial charge is 0.417 e. The lowest BCUT2D eigenvalue weighted by Gasteiger charge is -2.08. The second-order valence-electron chi connectivity index (χ2n) is 3.84. The minimum absolute atomic E-state index is 0.308. The first-order chi connectivity index (χ1) is 9.19. The highest BCUT2D eigenvalue weighted by molar-refractivity contribution is 6.31. The van der Waals surface area contributed by atoms with Gasteiger partial charge in [-0.2, -0.15) is 0 Å². The SMILES string of the molecule is NCc1cc(NC(=O)Oc2ccccc2)ccc1Cl. The van der Waals surface area contributed by atoms with E-state index in [9.17, 15) is 4.79 Å². The van der Waals surface area contributed by atoms with Gasteiger partial charge < -0.3 is 10.5 Å². The molecule has 3 N–H and O–H groups in total. The number of nitrogens with two attached hydrogens (primary N) is 1. The number of amides is 1. The Morgan fingerprint density at radius 3 is 2.63 bits per heavy atom. The van der Waals surface area contributed by atoms with E-state index >= 15 is 0 Å². The number of para-hydroxylation sites is 1. The number of carbonyl (C=O) groups excluding carboxylic acids is 1. The Hall–Kier alpha value is -2.04. The molecule has 5 heteroatoms. The lowest BCUT2D eigenvalue weighted by Crippen LogP contribution is -2.16. The van der Waals surface area contributed by atoms with Gasteiger partial charge in [-0.1, -0.05) is 29.8 Å². The molecule has 0 aromatic heterocycles. The molecule has 4 nitrogen and oxygen atoms in total. The summed E-state index contributed by atoms with van der Waals surface area (Å²) in [5.41, 5.74) is 6.90. The van der Waals surface area contributed by atoms with Gasteiger partial charge in [0.1, 0.15) is 5.75 Å². The molecule has 0 radical (unpaired) electrons. The van der Waals surface area contributed by atoms with Crippen molar-refractivity contribution < 1.29 is 9.53 Å². The number of carbonyl (C=O) groups is 1. The highest BCUT2D eigenvalue weighted by Gasteiger charge is 2.06. The molecule has 2 aromatic carbocycles. The number of hydrogen-bond donors (Lipinski definition) is 2. The van der Waals surface area contributed by atoms with Gasteiger partial charge in [-0.3, -0.25) is 5.32 Å². The summed E-state index contributed by atoms with van der Waals surface area (Å²) in [5, 5.41) is 3.19. The lowest BCUT2D eigenvalue weighted by molar-refractivity contribution is 0.215. The van der Waals surface area contributed by atoms with Crippen molar-refractivity contribution in [3.8, 4) is 5.75 Å². The van der Waals surface area contributed by atoms with E-state index in [1.807, 2.05) is 6.07 Å². The first-order valence-electron chi connectivity index (χ1n) is 5.71. The van der Waals surface area contributed by atoms with Crippen molar-refractivity contribution >= 4 is 23.4 Å². The summed E-state index contributed by atoms with van der Waals surface area (Å²) < 4.78 is 5.11. The lowest BCUT2D eigenvalue weighted by atomic mass is 10.2. The molecule has 1 amide bonds. The molecule has 98 valence electrons. The van der Waals surface area contributed by atoms with Crippen LogP contribution in [0.15, 0.2) is 48.5 Å². The fourth-order valence-corrected chi connectivity index (χ4v) is 1.74. The number of benzene rings is 2. The van der Waals surface area contributed by atoms with Crippen molar-refractivity contribution in [2.45, 2.75) is 6.54 Å². The molecule has 0 unspecified atom stereocenters. The fraction of sp³-hybridized carbons (Fsp3) is 0.0714. The monoisotopic (exact) mass is 276 g/mol. The minimum Gasteiger partial charge on any atom is -0.410 e. The predicted octanol–water partition coefficient (Wildman–Crippen LogP) is 3.41. The molecule has 0 saturated heterocycles. The average Bonchev–Trinajstić information content (AvgIpc) is 2.42. The summed E-state index contributed by atoms with van der Waals surface area (Å²) >= 11 is 5.94. The number of nitrogens with one attached hydrogen (secondary N) is 1. The zero-order chi connectivity index (χ0) is 13.7. The van der Waals surface area contributed by atoms with Crippen LogP contribution >= 0.6 is 11.6 Å². The van der Waals surface area contributed by atoms with Crippen molar-refractivity contribution in [3.05, 3.63) is 59.1 Å². The third kappa shape index (κ3) is 3.71. The summed E-state index contributed by atoms with van der Waals surface area (Å²) in [5.74, 6) is 0.480. The maximum absolute atomic E-state index is 11.7. The van der Waals surface area contributed by atoms with E-state index in [0.29, 0.717) is 23.0 Å². The Morgan fingerprint density at radius 2 is 1.95 bits per heavy atom. The summed E-state index contributed by atoms with van der Waals surface area (Å²) in [6, 6.07) is 13.9. The van der Waals surface area contributed by atoms with Gasteiger partial charge >= 0.3 is 6.09 Å². The van der Waals surface area contributed by atoms with E-state index in [1.165, 1.54) is 0 Å². The summed E-state index contributed by atoms with van der Waals surface area (Å²) in [7, 11) is 0.